The Labute approximate surface area is 97.4 Å². The van der Waals surface area contributed by atoms with Crippen LogP contribution >= 0.6 is 11.6 Å². The summed E-state index contributed by atoms with van der Waals surface area (Å²) in [4.78, 5) is 0. The fourth-order valence-corrected chi connectivity index (χ4v) is 1.93. The van der Waals surface area contributed by atoms with Crippen molar-refractivity contribution >= 4 is 11.6 Å². The first-order valence-corrected chi connectivity index (χ1v) is 5.02. The van der Waals surface area contributed by atoms with E-state index >= 15 is 0 Å². The van der Waals surface area contributed by atoms with Gasteiger partial charge in [0.15, 0.2) is 0 Å². The molecule has 0 aromatic heterocycles. The largest absolute Gasteiger partial charge is 0.416 e. The topological polar surface area (TPSA) is 0 Å². The van der Waals surface area contributed by atoms with Crippen LogP contribution in [0.25, 0.3) is 0 Å². The maximum absolute atomic E-state index is 12.5. The van der Waals surface area contributed by atoms with Crippen LogP contribution in [0.3, 0.4) is 0 Å². The summed E-state index contributed by atoms with van der Waals surface area (Å²) in [6.07, 6.45) is 0.768. The Morgan fingerprint density at radius 1 is 1.31 bits per heavy atom. The predicted octanol–water partition coefficient (Wildman–Crippen LogP) is 4.46. The molecule has 0 aliphatic rings. The van der Waals surface area contributed by atoms with Gasteiger partial charge >= 0.3 is 6.18 Å². The van der Waals surface area contributed by atoms with Crippen LogP contribution < -0.4 is 0 Å². The first-order chi connectivity index (χ1) is 7.27. The average Bonchev–Trinajstić information content (AvgIpc) is 2.14. The lowest BCUT2D eigenvalue weighted by Crippen LogP contribution is -2.07. The molecule has 0 N–H and O–H groups in total. The van der Waals surface area contributed by atoms with Crippen LogP contribution in [0.1, 0.15) is 36.5 Å². The summed E-state index contributed by atoms with van der Waals surface area (Å²) >= 11 is 5.82. The molecule has 0 saturated heterocycles. The summed E-state index contributed by atoms with van der Waals surface area (Å²) in [6, 6.07) is 1.87. The fourth-order valence-electron chi connectivity index (χ4n) is 1.49. The molecule has 1 aromatic carbocycles. The molecule has 0 atom stereocenters. The Bertz CT molecular complexity index is 439. The molecule has 4 heteroatoms. The van der Waals surface area contributed by atoms with Crippen molar-refractivity contribution in [1.29, 1.82) is 0 Å². The molecule has 1 rings (SSSR count). The zero-order chi connectivity index (χ0) is 12.5. The highest BCUT2D eigenvalue weighted by atomic mass is 35.5. The summed E-state index contributed by atoms with van der Waals surface area (Å²) in [5.74, 6) is 2.23. The number of rotatable bonds is 1. The quantitative estimate of drug-likeness (QED) is 0.642. The van der Waals surface area contributed by atoms with Crippen LogP contribution in [0.2, 0.25) is 5.02 Å². The zero-order valence-electron chi connectivity index (χ0n) is 8.82. The molecule has 0 radical (unpaired) electrons. The normalized spacial score (nSPS) is 11.6. The first kappa shape index (κ1) is 12.9. The molecule has 16 heavy (non-hydrogen) atoms. The van der Waals surface area contributed by atoms with E-state index in [0.29, 0.717) is 5.56 Å². The Morgan fingerprint density at radius 2 is 1.88 bits per heavy atom. The molecule has 0 unspecified atom stereocenters. The van der Waals surface area contributed by atoms with Crippen LogP contribution in [0, 0.1) is 12.3 Å². The van der Waals surface area contributed by atoms with Gasteiger partial charge in [-0.1, -0.05) is 31.4 Å². The van der Waals surface area contributed by atoms with E-state index < -0.39 is 11.7 Å². The molecule has 0 spiro atoms. The standard InChI is InChI=1S/C12H10ClF3/c1-4-8-5-9(12(14,15)16)6-10(13)11(8)7(2)3/h1,5-7H,2-3H3. The predicted molar refractivity (Wildman–Crippen MR) is 58.5 cm³/mol. The average molecular weight is 247 g/mol. The molecule has 0 amide bonds. The molecule has 0 aliphatic heterocycles. The highest BCUT2D eigenvalue weighted by Crippen LogP contribution is 2.36. The monoisotopic (exact) mass is 246 g/mol. The Balaban J connectivity index is 3.46. The van der Waals surface area contributed by atoms with Gasteiger partial charge in [-0.25, -0.2) is 0 Å². The molecule has 0 nitrogen and oxygen atoms in total. The fraction of sp³-hybridized carbons (Fsp3) is 0.333. The summed E-state index contributed by atoms with van der Waals surface area (Å²) in [7, 11) is 0. The van der Waals surface area contributed by atoms with E-state index in [4.69, 9.17) is 18.0 Å². The number of terminal acetylenes is 1. The van der Waals surface area contributed by atoms with Gasteiger partial charge in [-0.3, -0.25) is 0 Å². The van der Waals surface area contributed by atoms with Crippen LogP contribution in [-0.4, -0.2) is 0 Å². The first-order valence-electron chi connectivity index (χ1n) is 4.64. The Morgan fingerprint density at radius 3 is 2.25 bits per heavy atom. The van der Waals surface area contributed by atoms with Crippen molar-refractivity contribution in [2.75, 3.05) is 0 Å². The second-order valence-electron chi connectivity index (χ2n) is 3.72. The molecular formula is C12H10ClF3. The van der Waals surface area contributed by atoms with Gasteiger partial charge in [-0.2, -0.15) is 13.2 Å². The molecule has 0 saturated carbocycles. The van der Waals surface area contributed by atoms with Gasteiger partial charge in [-0.05, 0) is 23.6 Å². The molecule has 0 bridgehead atoms. The maximum Gasteiger partial charge on any atom is 0.416 e. The number of hydrogen-bond acceptors (Lipinski definition) is 0. The molecule has 0 heterocycles. The third-order valence-electron chi connectivity index (χ3n) is 2.19. The van der Waals surface area contributed by atoms with Crippen molar-refractivity contribution in [2.45, 2.75) is 25.9 Å². The summed E-state index contributed by atoms with van der Waals surface area (Å²) < 4.78 is 37.5. The van der Waals surface area contributed by atoms with Gasteiger partial charge in [-0.15, -0.1) is 6.42 Å². The van der Waals surface area contributed by atoms with Gasteiger partial charge in [0.25, 0.3) is 0 Å². The van der Waals surface area contributed by atoms with E-state index in [0.717, 1.165) is 12.1 Å². The summed E-state index contributed by atoms with van der Waals surface area (Å²) in [5, 5.41) is 0.0674. The van der Waals surface area contributed by atoms with Gasteiger partial charge in [0.05, 0.1) is 5.56 Å². The van der Waals surface area contributed by atoms with E-state index in [1.54, 1.807) is 0 Å². The molecular weight excluding hydrogens is 237 g/mol. The minimum absolute atomic E-state index is 0.0131. The van der Waals surface area contributed by atoms with Gasteiger partial charge in [0, 0.05) is 10.6 Å². The third kappa shape index (κ3) is 2.51. The molecule has 0 aliphatic carbocycles. The number of alkyl halides is 3. The molecule has 86 valence electrons. The van der Waals surface area contributed by atoms with Crippen LogP contribution in [0.4, 0.5) is 13.2 Å². The highest BCUT2D eigenvalue weighted by molar-refractivity contribution is 6.31. The van der Waals surface area contributed by atoms with Gasteiger partial charge < -0.3 is 0 Å². The van der Waals surface area contributed by atoms with E-state index in [9.17, 15) is 13.2 Å². The van der Waals surface area contributed by atoms with Crippen molar-refractivity contribution < 1.29 is 13.2 Å². The minimum Gasteiger partial charge on any atom is -0.166 e. The van der Waals surface area contributed by atoms with Gasteiger partial charge in [0.1, 0.15) is 0 Å². The van der Waals surface area contributed by atoms with Crippen molar-refractivity contribution in [1.82, 2.24) is 0 Å². The third-order valence-corrected chi connectivity index (χ3v) is 2.50. The van der Waals surface area contributed by atoms with Crippen molar-refractivity contribution in [3.63, 3.8) is 0 Å². The Kier molecular flexibility index (Phi) is 3.54. The Hall–Kier alpha value is -1.14. The molecule has 1 aromatic rings. The number of halogens is 4. The van der Waals surface area contributed by atoms with Crippen molar-refractivity contribution in [3.05, 3.63) is 33.8 Å². The van der Waals surface area contributed by atoms with Crippen molar-refractivity contribution in [3.8, 4) is 12.3 Å². The minimum atomic E-state index is -4.43. The SMILES string of the molecule is C#Cc1cc(C(F)(F)F)cc(Cl)c1C(C)C. The lowest BCUT2D eigenvalue weighted by molar-refractivity contribution is -0.137. The number of hydrogen-bond donors (Lipinski definition) is 0. The van der Waals surface area contributed by atoms with E-state index in [1.807, 2.05) is 13.8 Å². The number of benzene rings is 1. The van der Waals surface area contributed by atoms with E-state index in [2.05, 4.69) is 5.92 Å². The maximum atomic E-state index is 12.5. The van der Waals surface area contributed by atoms with Crippen LogP contribution in [0.5, 0.6) is 0 Å². The van der Waals surface area contributed by atoms with Crippen LogP contribution in [-0.2, 0) is 6.18 Å². The van der Waals surface area contributed by atoms with Gasteiger partial charge in [0.2, 0.25) is 0 Å². The smallest absolute Gasteiger partial charge is 0.166 e. The van der Waals surface area contributed by atoms with Crippen LogP contribution in [0.15, 0.2) is 12.1 Å². The second kappa shape index (κ2) is 4.39. The highest BCUT2D eigenvalue weighted by Gasteiger charge is 2.32. The molecule has 0 fully saturated rings. The van der Waals surface area contributed by atoms with E-state index in [-0.39, 0.29) is 16.5 Å². The lowest BCUT2D eigenvalue weighted by Gasteiger charge is -2.14. The summed E-state index contributed by atoms with van der Waals surface area (Å²) in [6.45, 7) is 3.66. The summed E-state index contributed by atoms with van der Waals surface area (Å²) in [5.41, 5.74) is -0.0261. The second-order valence-corrected chi connectivity index (χ2v) is 4.12. The van der Waals surface area contributed by atoms with E-state index in [1.165, 1.54) is 0 Å². The van der Waals surface area contributed by atoms with Crippen molar-refractivity contribution in [2.24, 2.45) is 0 Å². The zero-order valence-corrected chi connectivity index (χ0v) is 9.58. The lowest BCUT2D eigenvalue weighted by atomic mass is 9.95.